The molecule has 6 nitrogen and oxygen atoms in total. The fourth-order valence-electron chi connectivity index (χ4n) is 3.60. The van der Waals surface area contributed by atoms with Crippen LogP contribution in [0.4, 0.5) is 5.82 Å². The summed E-state index contributed by atoms with van der Waals surface area (Å²) >= 11 is 0. The van der Waals surface area contributed by atoms with Gasteiger partial charge in [-0.05, 0) is 52.8 Å². The predicted molar refractivity (Wildman–Crippen MR) is 99.0 cm³/mol. The van der Waals surface area contributed by atoms with E-state index in [1.165, 1.54) is 0 Å². The molecular formula is C19H30N4O2. The number of ether oxygens (including phenoxy) is 1. The number of nitrogens with zero attached hydrogens (tertiary/aromatic N) is 3. The highest BCUT2D eigenvalue weighted by atomic mass is 16.5. The summed E-state index contributed by atoms with van der Waals surface area (Å²) in [6, 6.07) is 6.76. The Labute approximate surface area is 150 Å². The van der Waals surface area contributed by atoms with Gasteiger partial charge in [-0.2, -0.15) is 4.98 Å². The summed E-state index contributed by atoms with van der Waals surface area (Å²) in [5, 5.41) is 3.25. The molecule has 0 radical (unpaired) electrons. The van der Waals surface area contributed by atoms with E-state index in [2.05, 4.69) is 34.2 Å². The van der Waals surface area contributed by atoms with Gasteiger partial charge in [-0.25, -0.2) is 0 Å². The van der Waals surface area contributed by atoms with E-state index in [0.717, 1.165) is 44.6 Å². The molecule has 3 rings (SSSR count). The number of hydrogen-bond donors (Lipinski definition) is 1. The number of amides is 1. The predicted octanol–water partition coefficient (Wildman–Crippen LogP) is 1.91. The first-order valence-corrected chi connectivity index (χ1v) is 9.38. The Hall–Kier alpha value is -1.82. The molecule has 25 heavy (non-hydrogen) atoms. The Bertz CT molecular complexity index is 579. The first-order valence-electron chi connectivity index (χ1n) is 9.38. The minimum atomic E-state index is 0.204. The molecule has 0 bridgehead atoms. The molecule has 138 valence electrons. The van der Waals surface area contributed by atoms with E-state index in [0.29, 0.717) is 18.5 Å². The van der Waals surface area contributed by atoms with E-state index >= 15 is 0 Å². The third-order valence-corrected chi connectivity index (χ3v) is 5.38. The van der Waals surface area contributed by atoms with Gasteiger partial charge in [0.05, 0.1) is 6.61 Å². The fraction of sp³-hybridized carbons (Fsp3) is 0.684. The Balaban J connectivity index is 1.44. The van der Waals surface area contributed by atoms with Crippen LogP contribution in [0.5, 0.6) is 5.88 Å². The highest BCUT2D eigenvalue weighted by Gasteiger charge is 2.36. The van der Waals surface area contributed by atoms with E-state index in [9.17, 15) is 4.79 Å². The van der Waals surface area contributed by atoms with Crippen LogP contribution in [0.25, 0.3) is 0 Å². The lowest BCUT2D eigenvalue weighted by Crippen LogP contribution is -2.51. The average Bonchev–Trinajstić information content (AvgIpc) is 2.54. The third-order valence-electron chi connectivity index (χ3n) is 5.38. The van der Waals surface area contributed by atoms with Gasteiger partial charge < -0.3 is 19.9 Å². The maximum Gasteiger partial charge on any atom is 0.223 e. The van der Waals surface area contributed by atoms with Crippen LogP contribution < -0.4 is 15.0 Å². The van der Waals surface area contributed by atoms with E-state index in [1.54, 1.807) is 0 Å². The van der Waals surface area contributed by atoms with Crippen LogP contribution in [0, 0.1) is 5.92 Å². The number of carbonyl (C=O) groups is 1. The van der Waals surface area contributed by atoms with Crippen LogP contribution in [-0.2, 0) is 4.79 Å². The number of anilines is 1. The lowest BCUT2D eigenvalue weighted by molar-refractivity contribution is -0.130. The van der Waals surface area contributed by atoms with E-state index in [-0.39, 0.29) is 17.9 Å². The SMILES string of the molecule is CCOc1cccc(N2CCC(NC(=O)C3CC(N(C)C)C3)CC2)n1. The van der Waals surface area contributed by atoms with E-state index < -0.39 is 0 Å². The van der Waals surface area contributed by atoms with Gasteiger partial charge in [-0.3, -0.25) is 4.79 Å². The smallest absolute Gasteiger partial charge is 0.223 e. The van der Waals surface area contributed by atoms with Gasteiger partial charge in [0.2, 0.25) is 11.8 Å². The lowest BCUT2D eigenvalue weighted by atomic mass is 9.79. The number of aromatic nitrogens is 1. The summed E-state index contributed by atoms with van der Waals surface area (Å²) in [7, 11) is 4.17. The topological polar surface area (TPSA) is 57.7 Å². The Morgan fingerprint density at radius 2 is 2.04 bits per heavy atom. The third kappa shape index (κ3) is 4.42. The quantitative estimate of drug-likeness (QED) is 0.853. The largest absolute Gasteiger partial charge is 0.478 e. The minimum absolute atomic E-state index is 0.204. The number of carbonyl (C=O) groups excluding carboxylic acids is 1. The fourth-order valence-corrected chi connectivity index (χ4v) is 3.60. The molecule has 1 aromatic rings. The Morgan fingerprint density at radius 3 is 2.68 bits per heavy atom. The second-order valence-electron chi connectivity index (χ2n) is 7.32. The normalized spacial score (nSPS) is 24.1. The monoisotopic (exact) mass is 346 g/mol. The molecule has 0 unspecified atom stereocenters. The van der Waals surface area contributed by atoms with Crippen molar-refractivity contribution in [3.63, 3.8) is 0 Å². The lowest BCUT2D eigenvalue weighted by Gasteiger charge is -2.40. The number of pyridine rings is 1. The van der Waals surface area contributed by atoms with Gasteiger partial charge in [0.1, 0.15) is 5.82 Å². The standard InChI is InChI=1S/C19H30N4O2/c1-4-25-18-7-5-6-17(21-18)23-10-8-15(9-11-23)20-19(24)14-12-16(13-14)22(2)3/h5-7,14-16H,4,8-13H2,1-3H3,(H,20,24). The van der Waals surface area contributed by atoms with E-state index in [4.69, 9.17) is 4.74 Å². The van der Waals surface area contributed by atoms with Crippen molar-refractivity contribution in [2.45, 2.75) is 44.7 Å². The van der Waals surface area contributed by atoms with Crippen molar-refractivity contribution >= 4 is 11.7 Å². The van der Waals surface area contributed by atoms with Crippen LogP contribution in [-0.4, -0.2) is 61.7 Å². The first-order chi connectivity index (χ1) is 12.1. The van der Waals surface area contributed by atoms with Crippen LogP contribution in [0.3, 0.4) is 0 Å². The number of rotatable bonds is 6. The number of hydrogen-bond acceptors (Lipinski definition) is 5. The van der Waals surface area contributed by atoms with E-state index in [1.807, 2.05) is 25.1 Å². The van der Waals surface area contributed by atoms with Crippen molar-refractivity contribution in [1.29, 1.82) is 0 Å². The zero-order valence-electron chi connectivity index (χ0n) is 15.6. The van der Waals surface area contributed by atoms with Crippen LogP contribution in [0.2, 0.25) is 0 Å². The highest BCUT2D eigenvalue weighted by Crippen LogP contribution is 2.31. The second-order valence-corrected chi connectivity index (χ2v) is 7.32. The zero-order chi connectivity index (χ0) is 17.8. The Morgan fingerprint density at radius 1 is 1.32 bits per heavy atom. The van der Waals surface area contributed by atoms with Crippen LogP contribution in [0.15, 0.2) is 18.2 Å². The number of piperidine rings is 1. The highest BCUT2D eigenvalue weighted by molar-refractivity contribution is 5.80. The molecule has 1 amide bonds. The van der Waals surface area contributed by atoms with Crippen molar-refractivity contribution in [3.05, 3.63) is 18.2 Å². The van der Waals surface area contributed by atoms with Gasteiger partial charge in [-0.1, -0.05) is 6.07 Å². The molecule has 1 saturated heterocycles. The van der Waals surface area contributed by atoms with Gasteiger partial charge in [0.25, 0.3) is 0 Å². The summed E-state index contributed by atoms with van der Waals surface area (Å²) in [5.74, 6) is 2.09. The number of nitrogens with one attached hydrogen (secondary N) is 1. The molecular weight excluding hydrogens is 316 g/mol. The summed E-state index contributed by atoms with van der Waals surface area (Å²) in [6.07, 6.45) is 3.92. The summed E-state index contributed by atoms with van der Waals surface area (Å²) in [4.78, 5) is 21.4. The molecule has 0 aromatic carbocycles. The molecule has 1 aliphatic carbocycles. The Kier molecular flexibility index (Phi) is 5.78. The molecule has 1 aliphatic heterocycles. The van der Waals surface area contributed by atoms with Gasteiger partial charge in [0, 0.05) is 37.2 Å². The van der Waals surface area contributed by atoms with Crippen molar-refractivity contribution in [1.82, 2.24) is 15.2 Å². The summed E-state index contributed by atoms with van der Waals surface area (Å²) in [5.41, 5.74) is 0. The maximum atomic E-state index is 12.4. The molecule has 6 heteroatoms. The van der Waals surface area contributed by atoms with Crippen LogP contribution >= 0.6 is 0 Å². The molecule has 2 heterocycles. The van der Waals surface area contributed by atoms with Gasteiger partial charge in [0.15, 0.2) is 0 Å². The van der Waals surface area contributed by atoms with Crippen molar-refractivity contribution in [3.8, 4) is 5.88 Å². The molecule has 2 aliphatic rings. The summed E-state index contributed by atoms with van der Waals surface area (Å²) in [6.45, 7) is 4.42. The maximum absolute atomic E-state index is 12.4. The molecule has 0 spiro atoms. The van der Waals surface area contributed by atoms with Crippen LogP contribution in [0.1, 0.15) is 32.6 Å². The zero-order valence-corrected chi connectivity index (χ0v) is 15.6. The summed E-state index contributed by atoms with van der Waals surface area (Å²) < 4.78 is 5.48. The van der Waals surface area contributed by atoms with Crippen molar-refractivity contribution in [2.75, 3.05) is 38.7 Å². The first kappa shape index (κ1) is 18.0. The minimum Gasteiger partial charge on any atom is -0.478 e. The van der Waals surface area contributed by atoms with Gasteiger partial charge in [-0.15, -0.1) is 0 Å². The molecule has 1 saturated carbocycles. The van der Waals surface area contributed by atoms with Crippen molar-refractivity contribution in [2.24, 2.45) is 5.92 Å². The average molecular weight is 346 g/mol. The second kappa shape index (κ2) is 8.04. The molecule has 2 fully saturated rings. The molecule has 1 aromatic heterocycles. The molecule has 1 N–H and O–H groups in total. The molecule has 0 atom stereocenters. The van der Waals surface area contributed by atoms with Crippen molar-refractivity contribution < 1.29 is 9.53 Å². The van der Waals surface area contributed by atoms with Gasteiger partial charge >= 0.3 is 0 Å².